The van der Waals surface area contributed by atoms with Crippen LogP contribution in [0, 0.1) is 0 Å². The molecule has 2 aromatic rings. The third kappa shape index (κ3) is 3.35. The molecule has 1 heterocycles. The summed E-state index contributed by atoms with van der Waals surface area (Å²) in [5.74, 6) is 0. The lowest BCUT2D eigenvalue weighted by Crippen LogP contribution is -2.31. The summed E-state index contributed by atoms with van der Waals surface area (Å²) in [6.45, 7) is 5.45. The molecule has 0 aliphatic rings. The summed E-state index contributed by atoms with van der Waals surface area (Å²) in [6.07, 6.45) is 4.79. The standard InChI is InChI=1S/C16H25N3/c1-4-6-9-13(17-5-2)12-15-14-10-7-8-11-16(14)19(3)18-15/h7-8,10-11,13,17H,4-6,9,12H2,1-3H3. The predicted molar refractivity (Wildman–Crippen MR) is 81.4 cm³/mol. The number of hydrogen-bond donors (Lipinski definition) is 1. The van der Waals surface area contributed by atoms with Gasteiger partial charge in [0.2, 0.25) is 0 Å². The van der Waals surface area contributed by atoms with E-state index in [1.807, 2.05) is 11.7 Å². The Hall–Kier alpha value is -1.35. The summed E-state index contributed by atoms with van der Waals surface area (Å²) in [4.78, 5) is 0. The molecule has 1 aromatic carbocycles. The maximum absolute atomic E-state index is 4.70. The van der Waals surface area contributed by atoms with Gasteiger partial charge in [0.05, 0.1) is 11.2 Å². The Labute approximate surface area is 116 Å². The average molecular weight is 259 g/mol. The minimum Gasteiger partial charge on any atom is -0.314 e. The first kappa shape index (κ1) is 14.1. The number of para-hydroxylation sites is 1. The van der Waals surface area contributed by atoms with Crippen LogP contribution >= 0.6 is 0 Å². The van der Waals surface area contributed by atoms with Crippen LogP contribution in [0.4, 0.5) is 0 Å². The van der Waals surface area contributed by atoms with E-state index in [9.17, 15) is 0 Å². The van der Waals surface area contributed by atoms with Crippen LogP contribution in [0.2, 0.25) is 0 Å². The molecule has 0 radical (unpaired) electrons. The lowest BCUT2D eigenvalue weighted by atomic mass is 10.0. The van der Waals surface area contributed by atoms with Crippen LogP contribution in [0.3, 0.4) is 0 Å². The number of aryl methyl sites for hydroxylation is 1. The summed E-state index contributed by atoms with van der Waals surface area (Å²) in [5.41, 5.74) is 2.45. The second-order valence-corrected chi connectivity index (χ2v) is 5.19. The third-order valence-electron chi connectivity index (χ3n) is 3.67. The van der Waals surface area contributed by atoms with Gasteiger partial charge in [0.25, 0.3) is 0 Å². The molecule has 19 heavy (non-hydrogen) atoms. The lowest BCUT2D eigenvalue weighted by Gasteiger charge is -2.16. The van der Waals surface area contributed by atoms with E-state index < -0.39 is 0 Å². The fraction of sp³-hybridized carbons (Fsp3) is 0.562. The Balaban J connectivity index is 2.18. The van der Waals surface area contributed by atoms with Gasteiger partial charge in [-0.25, -0.2) is 0 Å². The largest absolute Gasteiger partial charge is 0.314 e. The number of unbranched alkanes of at least 4 members (excludes halogenated alkanes) is 1. The van der Waals surface area contributed by atoms with Gasteiger partial charge in [-0.3, -0.25) is 4.68 Å². The first-order chi connectivity index (χ1) is 9.26. The molecule has 1 N–H and O–H groups in total. The molecule has 104 valence electrons. The van der Waals surface area contributed by atoms with E-state index in [-0.39, 0.29) is 0 Å². The van der Waals surface area contributed by atoms with E-state index in [0.717, 1.165) is 13.0 Å². The molecule has 0 saturated heterocycles. The van der Waals surface area contributed by atoms with Crippen molar-refractivity contribution in [1.82, 2.24) is 15.1 Å². The van der Waals surface area contributed by atoms with Crippen molar-refractivity contribution in [3.05, 3.63) is 30.0 Å². The molecule has 3 heteroatoms. The molecule has 0 aliphatic heterocycles. The van der Waals surface area contributed by atoms with E-state index in [4.69, 9.17) is 5.10 Å². The van der Waals surface area contributed by atoms with Gasteiger partial charge in [0.15, 0.2) is 0 Å². The fourth-order valence-electron chi connectivity index (χ4n) is 2.69. The van der Waals surface area contributed by atoms with Crippen LogP contribution in [-0.4, -0.2) is 22.4 Å². The molecule has 1 aromatic heterocycles. The molecule has 0 aliphatic carbocycles. The van der Waals surface area contributed by atoms with Gasteiger partial charge >= 0.3 is 0 Å². The topological polar surface area (TPSA) is 29.9 Å². The zero-order chi connectivity index (χ0) is 13.7. The van der Waals surface area contributed by atoms with E-state index >= 15 is 0 Å². The van der Waals surface area contributed by atoms with Gasteiger partial charge < -0.3 is 5.32 Å². The van der Waals surface area contributed by atoms with Crippen molar-refractivity contribution in [1.29, 1.82) is 0 Å². The molecule has 2 rings (SSSR count). The van der Waals surface area contributed by atoms with Crippen LogP contribution in [-0.2, 0) is 13.5 Å². The minimum atomic E-state index is 0.545. The number of likely N-dealkylation sites (N-methyl/N-ethyl adjacent to an activating group) is 1. The lowest BCUT2D eigenvalue weighted by molar-refractivity contribution is 0.469. The highest BCUT2D eigenvalue weighted by atomic mass is 15.3. The van der Waals surface area contributed by atoms with E-state index in [2.05, 4.69) is 43.4 Å². The molecule has 0 bridgehead atoms. The van der Waals surface area contributed by atoms with E-state index in [1.54, 1.807) is 0 Å². The monoisotopic (exact) mass is 259 g/mol. The summed E-state index contributed by atoms with van der Waals surface area (Å²) in [6, 6.07) is 9.04. The van der Waals surface area contributed by atoms with Crippen LogP contribution in [0.1, 0.15) is 38.8 Å². The second-order valence-electron chi connectivity index (χ2n) is 5.19. The van der Waals surface area contributed by atoms with E-state index in [0.29, 0.717) is 6.04 Å². The number of nitrogens with zero attached hydrogens (tertiary/aromatic N) is 2. The van der Waals surface area contributed by atoms with Gasteiger partial charge in [0, 0.05) is 24.9 Å². The summed E-state index contributed by atoms with van der Waals surface area (Å²) >= 11 is 0. The highest BCUT2D eigenvalue weighted by molar-refractivity contribution is 5.81. The summed E-state index contributed by atoms with van der Waals surface area (Å²) < 4.78 is 1.99. The van der Waals surface area contributed by atoms with Crippen LogP contribution in [0.25, 0.3) is 10.9 Å². The Morgan fingerprint density at radius 3 is 2.79 bits per heavy atom. The first-order valence-electron chi connectivity index (χ1n) is 7.40. The maximum atomic E-state index is 4.70. The van der Waals surface area contributed by atoms with Crippen molar-refractivity contribution in [3.63, 3.8) is 0 Å². The van der Waals surface area contributed by atoms with Gasteiger partial charge in [0.1, 0.15) is 0 Å². The van der Waals surface area contributed by atoms with Gasteiger partial charge in [-0.15, -0.1) is 0 Å². The van der Waals surface area contributed by atoms with Crippen LogP contribution in [0.15, 0.2) is 24.3 Å². The average Bonchev–Trinajstić information content (AvgIpc) is 2.74. The van der Waals surface area contributed by atoms with Gasteiger partial charge in [-0.2, -0.15) is 5.10 Å². The SMILES string of the molecule is CCCCC(Cc1nn(C)c2ccccc12)NCC. The molecule has 0 amide bonds. The molecule has 0 spiro atoms. The van der Waals surface area contributed by atoms with Crippen molar-refractivity contribution in [2.24, 2.45) is 7.05 Å². The van der Waals surface area contributed by atoms with Crippen LogP contribution in [0.5, 0.6) is 0 Å². The quantitative estimate of drug-likeness (QED) is 0.827. The normalized spacial score (nSPS) is 13.0. The predicted octanol–water partition coefficient (Wildman–Crippen LogP) is 3.28. The Kier molecular flexibility index (Phi) is 4.97. The maximum Gasteiger partial charge on any atom is 0.0718 e. The number of hydrogen-bond acceptors (Lipinski definition) is 2. The molecule has 0 saturated carbocycles. The Bertz CT molecular complexity index is 516. The first-order valence-corrected chi connectivity index (χ1v) is 7.40. The molecule has 1 unspecified atom stereocenters. The Morgan fingerprint density at radius 2 is 2.05 bits per heavy atom. The van der Waals surface area contributed by atoms with E-state index in [1.165, 1.54) is 35.9 Å². The zero-order valence-electron chi connectivity index (χ0n) is 12.3. The van der Waals surface area contributed by atoms with Crippen molar-refractivity contribution in [2.75, 3.05) is 6.54 Å². The van der Waals surface area contributed by atoms with Gasteiger partial charge in [-0.1, -0.05) is 44.9 Å². The summed E-state index contributed by atoms with van der Waals surface area (Å²) in [5, 5.41) is 9.58. The zero-order valence-corrected chi connectivity index (χ0v) is 12.3. The number of rotatable bonds is 7. The number of benzene rings is 1. The Morgan fingerprint density at radius 1 is 1.26 bits per heavy atom. The van der Waals surface area contributed by atoms with Crippen molar-refractivity contribution >= 4 is 10.9 Å². The second kappa shape index (κ2) is 6.71. The minimum absolute atomic E-state index is 0.545. The highest BCUT2D eigenvalue weighted by Gasteiger charge is 2.13. The molecular weight excluding hydrogens is 234 g/mol. The third-order valence-corrected chi connectivity index (χ3v) is 3.67. The van der Waals surface area contributed by atoms with Crippen molar-refractivity contribution in [2.45, 2.75) is 45.6 Å². The number of aromatic nitrogens is 2. The van der Waals surface area contributed by atoms with Crippen molar-refractivity contribution in [3.8, 4) is 0 Å². The smallest absolute Gasteiger partial charge is 0.0718 e. The van der Waals surface area contributed by atoms with Crippen molar-refractivity contribution < 1.29 is 0 Å². The summed E-state index contributed by atoms with van der Waals surface area (Å²) in [7, 11) is 2.03. The molecular formula is C16H25N3. The molecule has 3 nitrogen and oxygen atoms in total. The fourth-order valence-corrected chi connectivity index (χ4v) is 2.69. The number of nitrogens with one attached hydrogen (secondary N) is 1. The molecule has 1 atom stereocenters. The molecule has 0 fully saturated rings. The van der Waals surface area contributed by atoms with Crippen LogP contribution < -0.4 is 5.32 Å². The number of fused-ring (bicyclic) bond motifs is 1. The highest BCUT2D eigenvalue weighted by Crippen LogP contribution is 2.19. The van der Waals surface area contributed by atoms with Gasteiger partial charge in [-0.05, 0) is 19.0 Å².